The average molecular weight is 865 g/mol. The molecule has 0 unspecified atom stereocenters. The van der Waals surface area contributed by atoms with Crippen molar-refractivity contribution >= 4 is 57.1 Å². The van der Waals surface area contributed by atoms with Crippen molar-refractivity contribution in [2.45, 2.75) is 24.9 Å². The fraction of sp³-hybridized carbons (Fsp3) is 0.135. The first kappa shape index (κ1) is 40.7. The third-order valence-electron chi connectivity index (χ3n) is 8.82. The highest BCUT2D eigenvalue weighted by molar-refractivity contribution is 6.27. The van der Waals surface area contributed by atoms with Crippen molar-refractivity contribution in [1.29, 1.82) is 0 Å². The van der Waals surface area contributed by atoms with Gasteiger partial charge in [-0.25, -0.2) is 19.6 Å². The molecule has 15 nitrogen and oxygen atoms in total. The lowest BCUT2D eigenvalue weighted by molar-refractivity contribution is -0.376. The second-order valence-electron chi connectivity index (χ2n) is 11.7. The number of aliphatic hydroxyl groups is 1. The topological polar surface area (TPSA) is 229 Å². The number of rotatable bonds is 8. The predicted molar refractivity (Wildman–Crippen MR) is 182 cm³/mol. The first-order valence-electron chi connectivity index (χ1n) is 15.9. The maximum Gasteiger partial charge on any atom is 0.327 e. The number of nitrogens with one attached hydrogen (secondary N) is 4. The molecule has 278 valence electrons. The zero-order chi connectivity index (χ0) is 37.1. The molecule has 17 heteroatoms. The van der Waals surface area contributed by atoms with Gasteiger partial charge in [-0.15, -0.1) is 0 Å². The van der Waals surface area contributed by atoms with E-state index in [1.807, 2.05) is 24.3 Å². The Morgan fingerprint density at radius 2 is 0.870 bits per heavy atom. The number of carboxylic acid groups (broad SMARTS) is 2. The normalized spacial score (nSPS) is 13.8. The van der Waals surface area contributed by atoms with Crippen molar-refractivity contribution in [1.82, 2.24) is 19.8 Å². The van der Waals surface area contributed by atoms with Crippen LogP contribution < -0.4 is 43.9 Å². The summed E-state index contributed by atoms with van der Waals surface area (Å²) in [6.45, 7) is 0. The molecule has 4 aromatic carbocycles. The van der Waals surface area contributed by atoms with Gasteiger partial charge in [0.25, 0.3) is 23.6 Å². The number of carbonyl (C=O) groups is 6. The molecule has 0 bridgehead atoms. The third-order valence-corrected chi connectivity index (χ3v) is 8.82. The maximum atomic E-state index is 12.9. The molecular weight excluding hydrogens is 832 g/mol. The van der Waals surface area contributed by atoms with Gasteiger partial charge in [-0.2, -0.15) is 0 Å². The summed E-state index contributed by atoms with van der Waals surface area (Å²) in [6, 6.07) is 18.1. The van der Waals surface area contributed by atoms with Crippen molar-refractivity contribution in [2.75, 3.05) is 7.11 Å². The molecule has 4 heterocycles. The van der Waals surface area contributed by atoms with E-state index in [2.05, 4.69) is 19.9 Å². The van der Waals surface area contributed by atoms with Crippen LogP contribution in [0.25, 0.3) is 21.5 Å². The number of nitrogens with zero attached hydrogens (tertiary/aromatic N) is 2. The molecule has 2 aliphatic rings. The zero-order valence-corrected chi connectivity index (χ0v) is 31.4. The Labute approximate surface area is 327 Å². The summed E-state index contributed by atoms with van der Waals surface area (Å²) < 4.78 is 0. The Balaban J connectivity index is 0.000000222. The van der Waals surface area contributed by atoms with E-state index >= 15 is 0 Å². The van der Waals surface area contributed by atoms with Crippen molar-refractivity contribution in [3.8, 4) is 0 Å². The molecule has 6 aromatic rings. The van der Waals surface area contributed by atoms with E-state index in [-0.39, 0.29) is 46.8 Å². The standard InChI is InChI=1S/2C18H13N3O4.CH4O.2BrH/c2*22-16-12-5-1-3-10-4-2-6-13(15(10)12)17(23)21(16)14(18(24)25)7-11-8-19-9-20-11;1-2;;/h2*1-6,8-9,14H,7H2,(H,19,20)(H,24,25);2H,1H3;2*1H/t2*14-;;;/m00.../s1. The number of imidazole rings is 2. The predicted octanol–water partition coefficient (Wildman–Crippen LogP) is -3.84. The molecule has 0 saturated heterocycles. The molecule has 4 amide bonds. The van der Waals surface area contributed by atoms with Crippen molar-refractivity contribution in [3.63, 3.8) is 0 Å². The van der Waals surface area contributed by atoms with E-state index < -0.39 is 47.7 Å². The molecular formula is C37H32Br2N6O9. The number of carbonyl (C=O) groups excluding carboxylic acids is 4. The number of aromatic amines is 4. The zero-order valence-electron chi connectivity index (χ0n) is 28.2. The number of aliphatic carboxylic acids is 2. The minimum atomic E-state index is -1.30. The number of benzene rings is 4. The van der Waals surface area contributed by atoms with Gasteiger partial charge in [0.05, 0.1) is 0 Å². The van der Waals surface area contributed by atoms with E-state index in [0.717, 1.165) is 27.7 Å². The molecule has 0 aliphatic carbocycles. The first-order chi connectivity index (χ1) is 25.2. The number of hydrogen-bond donors (Lipinski definition) is 5. The summed E-state index contributed by atoms with van der Waals surface area (Å²) in [4.78, 5) is 88.3. The molecule has 0 saturated carbocycles. The Kier molecular flexibility index (Phi) is 13.0. The highest BCUT2D eigenvalue weighted by Gasteiger charge is 2.42. The first-order valence-corrected chi connectivity index (χ1v) is 15.9. The van der Waals surface area contributed by atoms with Crippen LogP contribution >= 0.6 is 0 Å². The van der Waals surface area contributed by atoms with E-state index in [1.165, 1.54) is 0 Å². The summed E-state index contributed by atoms with van der Waals surface area (Å²) in [7, 11) is 1.00. The summed E-state index contributed by atoms with van der Waals surface area (Å²) in [5.41, 5.74) is 2.55. The quantitative estimate of drug-likeness (QED) is 0.0944. The van der Waals surface area contributed by atoms with Crippen LogP contribution in [0.15, 0.2) is 97.8 Å². The van der Waals surface area contributed by atoms with E-state index in [0.29, 0.717) is 44.4 Å². The Bertz CT molecular complexity index is 2100. The van der Waals surface area contributed by atoms with Crippen LogP contribution in [0.3, 0.4) is 0 Å². The van der Waals surface area contributed by atoms with Crippen LogP contribution in [0, 0.1) is 0 Å². The SMILES string of the molecule is CO.O=C(O)[C@H](Cc1c[nH+]c[nH]1)N1C(=O)c2cccc3cccc(c23)C1=O.O=C(O)[C@H](Cc1c[nH+]c[nH]1)N1C(=O)c2cccc3cccc(c23)C1=O.[Br-].[Br-]. The maximum absolute atomic E-state index is 12.9. The minimum absolute atomic E-state index is 0. The molecule has 2 aliphatic heterocycles. The van der Waals surface area contributed by atoms with Gasteiger partial charge in [-0.05, 0) is 35.0 Å². The lowest BCUT2D eigenvalue weighted by Gasteiger charge is -2.31. The third kappa shape index (κ3) is 7.41. The number of aromatic nitrogens is 4. The molecule has 2 aromatic heterocycles. The lowest BCUT2D eigenvalue weighted by Crippen LogP contribution is -3.00. The van der Waals surface area contributed by atoms with Gasteiger partial charge in [-0.3, -0.25) is 38.9 Å². The van der Waals surface area contributed by atoms with Gasteiger partial charge in [0, 0.05) is 53.0 Å². The monoisotopic (exact) mass is 862 g/mol. The Hall–Kier alpha value is -6.04. The number of hydrogen-bond acceptors (Lipinski definition) is 7. The number of amides is 4. The second kappa shape index (κ2) is 17.2. The van der Waals surface area contributed by atoms with Crippen LogP contribution in [0.1, 0.15) is 52.8 Å². The number of imide groups is 2. The smallest absolute Gasteiger partial charge is 0.327 e. The van der Waals surface area contributed by atoms with E-state index in [9.17, 15) is 39.0 Å². The summed E-state index contributed by atoms with van der Waals surface area (Å²) in [5.74, 6) is -4.81. The van der Waals surface area contributed by atoms with Gasteiger partial charge in [0.15, 0.2) is 0 Å². The van der Waals surface area contributed by atoms with Gasteiger partial charge >= 0.3 is 11.9 Å². The van der Waals surface area contributed by atoms with E-state index in [1.54, 1.807) is 73.6 Å². The summed E-state index contributed by atoms with van der Waals surface area (Å²) in [5, 5.41) is 29.0. The summed E-state index contributed by atoms with van der Waals surface area (Å²) >= 11 is 0. The molecule has 8 rings (SSSR count). The molecule has 0 radical (unpaired) electrons. The minimum Gasteiger partial charge on any atom is -1.00 e. The largest absolute Gasteiger partial charge is 1.00 e. The molecule has 2 atom stereocenters. The van der Waals surface area contributed by atoms with Crippen LogP contribution in [-0.4, -0.2) is 89.8 Å². The second-order valence-corrected chi connectivity index (χ2v) is 11.7. The number of H-pyrrole nitrogens is 4. The van der Waals surface area contributed by atoms with Gasteiger partial charge in [-0.1, -0.05) is 48.5 Å². The van der Waals surface area contributed by atoms with Crippen LogP contribution in [0.4, 0.5) is 0 Å². The average Bonchev–Trinajstić information content (AvgIpc) is 3.88. The van der Waals surface area contributed by atoms with Gasteiger partial charge < -0.3 is 49.3 Å². The van der Waals surface area contributed by atoms with Gasteiger partial charge in [0.1, 0.15) is 35.9 Å². The highest BCUT2D eigenvalue weighted by atomic mass is 79.9. The molecule has 0 fully saturated rings. The van der Waals surface area contributed by atoms with Crippen LogP contribution in [0.5, 0.6) is 0 Å². The Morgan fingerprint density at radius 1 is 0.574 bits per heavy atom. The molecule has 54 heavy (non-hydrogen) atoms. The number of carboxylic acids is 2. The highest BCUT2D eigenvalue weighted by Crippen LogP contribution is 2.33. The fourth-order valence-electron chi connectivity index (χ4n) is 6.53. The molecule has 7 N–H and O–H groups in total. The number of aliphatic hydroxyl groups excluding tert-OH is 1. The number of halogens is 2. The van der Waals surface area contributed by atoms with Crippen molar-refractivity contribution in [2.24, 2.45) is 0 Å². The molecule has 0 spiro atoms. The van der Waals surface area contributed by atoms with E-state index in [4.69, 9.17) is 5.11 Å². The lowest BCUT2D eigenvalue weighted by atomic mass is 9.92. The van der Waals surface area contributed by atoms with Gasteiger partial charge in [0.2, 0.25) is 12.7 Å². The summed E-state index contributed by atoms with van der Waals surface area (Å²) in [6.07, 6.45) is 6.28. The van der Waals surface area contributed by atoms with Crippen LogP contribution in [0.2, 0.25) is 0 Å². The van der Waals surface area contributed by atoms with Crippen LogP contribution in [-0.2, 0) is 22.4 Å². The fourth-order valence-corrected chi connectivity index (χ4v) is 6.53. The Morgan fingerprint density at radius 3 is 1.11 bits per heavy atom. The van der Waals surface area contributed by atoms with Crippen molar-refractivity contribution < 1.29 is 88.0 Å². The van der Waals surface area contributed by atoms with Crippen molar-refractivity contribution in [3.05, 3.63) is 131 Å².